The van der Waals surface area contributed by atoms with Gasteiger partial charge in [0.05, 0.1) is 6.26 Å². The van der Waals surface area contributed by atoms with E-state index in [0.717, 1.165) is 25.6 Å². The maximum absolute atomic E-state index is 10.9. The predicted octanol–water partition coefficient (Wildman–Crippen LogP) is 0.0199. The first-order valence-electron chi connectivity index (χ1n) is 5.23. The molecule has 0 aromatic carbocycles. The molecule has 0 amide bonds. The molecule has 0 bridgehead atoms. The van der Waals surface area contributed by atoms with Crippen LogP contribution in [0.2, 0.25) is 0 Å². The largest absolute Gasteiger partial charge is 0.300 e. The highest BCUT2D eigenvalue weighted by Gasteiger charge is 2.34. The molecule has 14 heavy (non-hydrogen) atoms. The Balaban J connectivity index is 1.73. The summed E-state index contributed by atoms with van der Waals surface area (Å²) in [5.74, 6) is 0.519. The highest BCUT2D eigenvalue weighted by Crippen LogP contribution is 2.31. The molecule has 1 aliphatic heterocycles. The minimum atomic E-state index is -3.00. The molecule has 0 radical (unpaired) electrons. The maximum Gasteiger partial charge on any atom is 0.208 e. The lowest BCUT2D eigenvalue weighted by atomic mass is 10.1. The van der Waals surface area contributed by atoms with Gasteiger partial charge in [-0.1, -0.05) is 0 Å². The zero-order valence-corrected chi connectivity index (χ0v) is 9.39. The molecule has 1 N–H and O–H groups in total. The fourth-order valence-electron chi connectivity index (χ4n) is 2.07. The molecule has 1 aliphatic carbocycles. The van der Waals surface area contributed by atoms with E-state index in [-0.39, 0.29) is 0 Å². The lowest BCUT2D eigenvalue weighted by molar-refractivity contribution is 0.314. The van der Waals surface area contributed by atoms with Gasteiger partial charge in [-0.25, -0.2) is 13.1 Å². The van der Waals surface area contributed by atoms with Gasteiger partial charge in [0.15, 0.2) is 0 Å². The van der Waals surface area contributed by atoms with Gasteiger partial charge < -0.3 is 4.90 Å². The van der Waals surface area contributed by atoms with Crippen molar-refractivity contribution in [3.63, 3.8) is 0 Å². The lowest BCUT2D eigenvalue weighted by Crippen LogP contribution is -2.30. The molecule has 2 aliphatic rings. The van der Waals surface area contributed by atoms with Crippen LogP contribution < -0.4 is 4.72 Å². The molecule has 4 nitrogen and oxygen atoms in total. The van der Waals surface area contributed by atoms with Crippen molar-refractivity contribution in [2.75, 3.05) is 25.9 Å². The number of sulfonamides is 1. The van der Waals surface area contributed by atoms with Crippen LogP contribution in [0.5, 0.6) is 0 Å². The average molecular weight is 218 g/mol. The summed E-state index contributed by atoms with van der Waals surface area (Å²) in [4.78, 5) is 2.49. The number of hydrogen-bond acceptors (Lipinski definition) is 3. The zero-order chi connectivity index (χ0) is 10.2. The second-order valence-corrected chi connectivity index (χ2v) is 6.33. The first-order valence-corrected chi connectivity index (χ1v) is 7.12. The Hall–Kier alpha value is -0.130. The second-order valence-electron chi connectivity index (χ2n) is 4.50. The molecule has 2 rings (SSSR count). The summed E-state index contributed by atoms with van der Waals surface area (Å²) in [6.45, 7) is 2.84. The monoisotopic (exact) mass is 218 g/mol. The molecule has 1 saturated carbocycles. The van der Waals surface area contributed by atoms with Crippen LogP contribution in [-0.4, -0.2) is 45.2 Å². The molecule has 0 aromatic rings. The minimum absolute atomic E-state index is 0.519. The number of nitrogens with zero attached hydrogens (tertiary/aromatic N) is 1. The second kappa shape index (κ2) is 3.79. The van der Waals surface area contributed by atoms with Gasteiger partial charge in [0.1, 0.15) is 0 Å². The summed E-state index contributed by atoms with van der Waals surface area (Å²) >= 11 is 0. The molecular formula is C9H18N2O2S. The lowest BCUT2D eigenvalue weighted by Gasteiger charge is -2.14. The van der Waals surface area contributed by atoms with Crippen LogP contribution in [-0.2, 0) is 10.0 Å². The van der Waals surface area contributed by atoms with Crippen molar-refractivity contribution in [1.82, 2.24) is 9.62 Å². The van der Waals surface area contributed by atoms with Gasteiger partial charge in [0.2, 0.25) is 10.0 Å². The van der Waals surface area contributed by atoms with Gasteiger partial charge in [-0.15, -0.1) is 0 Å². The molecule has 0 spiro atoms. The third-order valence-electron chi connectivity index (χ3n) is 3.01. The van der Waals surface area contributed by atoms with Crippen molar-refractivity contribution < 1.29 is 8.42 Å². The van der Waals surface area contributed by atoms with E-state index in [1.807, 2.05) is 0 Å². The van der Waals surface area contributed by atoms with E-state index in [1.165, 1.54) is 19.1 Å². The first kappa shape index (κ1) is 10.4. The van der Waals surface area contributed by atoms with Crippen LogP contribution in [0.4, 0.5) is 0 Å². The van der Waals surface area contributed by atoms with E-state index in [2.05, 4.69) is 9.62 Å². The van der Waals surface area contributed by atoms with Crippen LogP contribution >= 0.6 is 0 Å². The predicted molar refractivity (Wildman–Crippen MR) is 55.5 cm³/mol. The van der Waals surface area contributed by atoms with Gasteiger partial charge in [0.25, 0.3) is 0 Å². The van der Waals surface area contributed by atoms with Crippen molar-refractivity contribution in [2.24, 2.45) is 5.92 Å². The first-order chi connectivity index (χ1) is 6.54. The van der Waals surface area contributed by atoms with Crippen LogP contribution in [0.3, 0.4) is 0 Å². The molecule has 5 heteroatoms. The van der Waals surface area contributed by atoms with Gasteiger partial charge in [-0.3, -0.25) is 0 Å². The molecule has 1 heterocycles. The molecule has 2 fully saturated rings. The van der Waals surface area contributed by atoms with Crippen molar-refractivity contribution in [3.8, 4) is 0 Å². The van der Waals surface area contributed by atoms with Gasteiger partial charge in [-0.05, 0) is 31.7 Å². The molecule has 1 unspecified atom stereocenters. The Bertz CT molecular complexity index is 298. The number of nitrogens with one attached hydrogen (secondary N) is 1. The van der Waals surface area contributed by atoms with Crippen molar-refractivity contribution in [1.29, 1.82) is 0 Å². The van der Waals surface area contributed by atoms with Gasteiger partial charge >= 0.3 is 0 Å². The van der Waals surface area contributed by atoms with Gasteiger partial charge in [0, 0.05) is 19.1 Å². The topological polar surface area (TPSA) is 49.4 Å². The van der Waals surface area contributed by atoms with Crippen molar-refractivity contribution in [2.45, 2.75) is 25.3 Å². The van der Waals surface area contributed by atoms with E-state index in [0.29, 0.717) is 12.5 Å². The van der Waals surface area contributed by atoms with E-state index >= 15 is 0 Å². The van der Waals surface area contributed by atoms with Crippen molar-refractivity contribution in [3.05, 3.63) is 0 Å². The van der Waals surface area contributed by atoms with E-state index in [1.54, 1.807) is 0 Å². The van der Waals surface area contributed by atoms with Crippen LogP contribution in [0.15, 0.2) is 0 Å². The Morgan fingerprint density at radius 2 is 2.07 bits per heavy atom. The van der Waals surface area contributed by atoms with Crippen LogP contribution in [0.25, 0.3) is 0 Å². The average Bonchev–Trinajstić information content (AvgIpc) is 2.81. The van der Waals surface area contributed by atoms with Gasteiger partial charge in [-0.2, -0.15) is 0 Å². The Morgan fingerprint density at radius 3 is 2.64 bits per heavy atom. The summed E-state index contributed by atoms with van der Waals surface area (Å²) in [5.41, 5.74) is 0. The summed E-state index contributed by atoms with van der Waals surface area (Å²) in [5, 5.41) is 0. The molecule has 1 saturated heterocycles. The quantitative estimate of drug-likeness (QED) is 0.724. The summed E-state index contributed by atoms with van der Waals surface area (Å²) < 4.78 is 24.4. The van der Waals surface area contributed by atoms with Crippen LogP contribution in [0.1, 0.15) is 19.3 Å². The maximum atomic E-state index is 10.9. The normalized spacial score (nSPS) is 29.6. The smallest absolute Gasteiger partial charge is 0.208 e. The van der Waals surface area contributed by atoms with E-state index < -0.39 is 10.0 Å². The summed E-state index contributed by atoms with van der Waals surface area (Å²) in [7, 11) is -3.00. The zero-order valence-electron chi connectivity index (χ0n) is 8.57. The number of hydrogen-bond donors (Lipinski definition) is 1. The van der Waals surface area contributed by atoms with E-state index in [9.17, 15) is 8.42 Å². The Kier molecular flexibility index (Phi) is 2.81. The standard InChI is InChI=1S/C9H18N2O2S/c1-14(12,13)10-6-8-4-5-11(7-8)9-2-3-9/h8-10H,2-7H2,1H3. The third kappa shape index (κ3) is 2.93. The molecule has 1 atom stereocenters. The minimum Gasteiger partial charge on any atom is -0.300 e. The molecule has 82 valence electrons. The number of rotatable bonds is 4. The Morgan fingerprint density at radius 1 is 1.36 bits per heavy atom. The highest BCUT2D eigenvalue weighted by atomic mass is 32.2. The molecule has 0 aromatic heterocycles. The fraction of sp³-hybridized carbons (Fsp3) is 1.00. The number of likely N-dealkylation sites (tertiary alicyclic amines) is 1. The van der Waals surface area contributed by atoms with E-state index in [4.69, 9.17) is 0 Å². The molecular weight excluding hydrogens is 200 g/mol. The Labute approximate surface area is 85.7 Å². The fourth-order valence-corrected chi connectivity index (χ4v) is 2.61. The summed E-state index contributed by atoms with van der Waals surface area (Å²) in [6.07, 6.45) is 5.04. The highest BCUT2D eigenvalue weighted by molar-refractivity contribution is 7.88. The van der Waals surface area contributed by atoms with Crippen LogP contribution in [0, 0.1) is 5.92 Å². The van der Waals surface area contributed by atoms with Crippen molar-refractivity contribution >= 4 is 10.0 Å². The third-order valence-corrected chi connectivity index (χ3v) is 3.71. The SMILES string of the molecule is CS(=O)(=O)NCC1CCN(C2CC2)C1. The summed E-state index contributed by atoms with van der Waals surface area (Å²) in [6, 6.07) is 0.818.